The third-order valence-electron chi connectivity index (χ3n) is 3.33. The highest BCUT2D eigenvalue weighted by molar-refractivity contribution is 5.85. The minimum absolute atomic E-state index is 0.154. The maximum Gasteiger partial charge on any atom is 0.326 e. The van der Waals surface area contributed by atoms with Gasteiger partial charge in [-0.05, 0) is 30.5 Å². The summed E-state index contributed by atoms with van der Waals surface area (Å²) in [5.74, 6) is -1.44. The Bertz CT molecular complexity index is 524. The molecule has 0 saturated carbocycles. The van der Waals surface area contributed by atoms with Crippen LogP contribution in [0, 0.1) is 5.82 Å². The van der Waals surface area contributed by atoms with Crippen LogP contribution in [0.4, 0.5) is 4.39 Å². The molecule has 106 valence electrons. The molecule has 0 aliphatic carbocycles. The van der Waals surface area contributed by atoms with Crippen LogP contribution < -0.4 is 0 Å². The fourth-order valence-corrected chi connectivity index (χ4v) is 2.31. The molecule has 1 amide bonds. The zero-order valence-corrected chi connectivity index (χ0v) is 11.0. The summed E-state index contributed by atoms with van der Waals surface area (Å²) in [6.07, 6.45) is 4.80. The number of amides is 1. The van der Waals surface area contributed by atoms with E-state index < -0.39 is 12.0 Å². The molecule has 1 N–H and O–H groups in total. The lowest BCUT2D eigenvalue weighted by Gasteiger charge is -2.20. The highest BCUT2D eigenvalue weighted by Gasteiger charge is 2.33. The van der Waals surface area contributed by atoms with E-state index in [1.807, 2.05) is 0 Å². The molecule has 1 unspecified atom stereocenters. The predicted octanol–water partition coefficient (Wildman–Crippen LogP) is 2.30. The molecule has 1 fully saturated rings. The molecular weight excluding hydrogens is 261 g/mol. The normalized spacial score (nSPS) is 18.6. The summed E-state index contributed by atoms with van der Waals surface area (Å²) in [4.78, 5) is 24.4. The molecule has 1 aliphatic heterocycles. The zero-order chi connectivity index (χ0) is 14.5. The number of carboxylic acid groups (broad SMARTS) is 1. The lowest BCUT2D eigenvalue weighted by Crippen LogP contribution is -2.40. The van der Waals surface area contributed by atoms with Crippen molar-refractivity contribution in [2.45, 2.75) is 25.3 Å². The second kappa shape index (κ2) is 6.32. The van der Waals surface area contributed by atoms with Gasteiger partial charge < -0.3 is 10.0 Å². The van der Waals surface area contributed by atoms with Crippen LogP contribution in [0.3, 0.4) is 0 Å². The SMILES string of the molecule is O=C(O)C1CCCN1C(=O)C/C=C/c1ccc(F)cc1. The minimum atomic E-state index is -0.946. The molecule has 1 heterocycles. The first-order valence-corrected chi connectivity index (χ1v) is 6.52. The summed E-state index contributed by atoms with van der Waals surface area (Å²) in [5, 5.41) is 9.01. The average Bonchev–Trinajstić information content (AvgIpc) is 2.90. The van der Waals surface area contributed by atoms with Gasteiger partial charge in [-0.2, -0.15) is 0 Å². The lowest BCUT2D eigenvalue weighted by atomic mass is 10.2. The number of hydrogen-bond acceptors (Lipinski definition) is 2. The fraction of sp³-hybridized carbons (Fsp3) is 0.333. The van der Waals surface area contributed by atoms with Crippen LogP contribution in [0.15, 0.2) is 30.3 Å². The van der Waals surface area contributed by atoms with Crippen molar-refractivity contribution in [1.82, 2.24) is 4.90 Å². The van der Waals surface area contributed by atoms with Gasteiger partial charge in [0, 0.05) is 13.0 Å². The van der Waals surface area contributed by atoms with Crippen molar-refractivity contribution in [2.24, 2.45) is 0 Å². The Morgan fingerprint density at radius 2 is 2.05 bits per heavy atom. The van der Waals surface area contributed by atoms with E-state index in [1.54, 1.807) is 24.3 Å². The van der Waals surface area contributed by atoms with Crippen LogP contribution in [0.5, 0.6) is 0 Å². The molecule has 5 heteroatoms. The van der Waals surface area contributed by atoms with Crippen molar-refractivity contribution >= 4 is 18.0 Å². The number of nitrogens with zero attached hydrogens (tertiary/aromatic N) is 1. The van der Waals surface area contributed by atoms with Crippen LogP contribution >= 0.6 is 0 Å². The highest BCUT2D eigenvalue weighted by Crippen LogP contribution is 2.18. The zero-order valence-electron chi connectivity index (χ0n) is 11.0. The maximum atomic E-state index is 12.7. The van der Waals surface area contributed by atoms with Gasteiger partial charge in [0.05, 0.1) is 0 Å². The van der Waals surface area contributed by atoms with Gasteiger partial charge in [-0.25, -0.2) is 9.18 Å². The number of carbonyl (C=O) groups excluding carboxylic acids is 1. The Morgan fingerprint density at radius 3 is 2.70 bits per heavy atom. The first kappa shape index (κ1) is 14.2. The van der Waals surface area contributed by atoms with Gasteiger partial charge >= 0.3 is 5.97 Å². The van der Waals surface area contributed by atoms with E-state index in [0.717, 1.165) is 12.0 Å². The summed E-state index contributed by atoms with van der Waals surface area (Å²) < 4.78 is 12.7. The van der Waals surface area contributed by atoms with Gasteiger partial charge in [-0.1, -0.05) is 24.3 Å². The van der Waals surface area contributed by atoms with E-state index in [-0.39, 0.29) is 18.1 Å². The van der Waals surface area contributed by atoms with Crippen molar-refractivity contribution in [3.8, 4) is 0 Å². The largest absolute Gasteiger partial charge is 0.480 e. The first-order valence-electron chi connectivity index (χ1n) is 6.52. The quantitative estimate of drug-likeness (QED) is 0.918. The summed E-state index contributed by atoms with van der Waals surface area (Å²) in [5.41, 5.74) is 0.801. The number of halogens is 1. The Kier molecular flexibility index (Phi) is 4.50. The van der Waals surface area contributed by atoms with Gasteiger partial charge in [-0.3, -0.25) is 4.79 Å². The van der Waals surface area contributed by atoms with Crippen molar-refractivity contribution in [2.75, 3.05) is 6.54 Å². The van der Waals surface area contributed by atoms with Gasteiger partial charge in [0.1, 0.15) is 11.9 Å². The van der Waals surface area contributed by atoms with Crippen molar-refractivity contribution in [1.29, 1.82) is 0 Å². The molecule has 1 aromatic rings. The number of rotatable bonds is 4. The van der Waals surface area contributed by atoms with Crippen LogP contribution in [0.1, 0.15) is 24.8 Å². The second-order valence-electron chi connectivity index (χ2n) is 4.74. The number of carbonyl (C=O) groups is 2. The third kappa shape index (κ3) is 3.44. The molecule has 1 atom stereocenters. The van der Waals surface area contributed by atoms with Crippen molar-refractivity contribution in [3.63, 3.8) is 0 Å². The molecule has 2 rings (SSSR count). The Morgan fingerprint density at radius 1 is 1.35 bits per heavy atom. The number of aliphatic carboxylic acids is 1. The number of hydrogen-bond donors (Lipinski definition) is 1. The molecule has 20 heavy (non-hydrogen) atoms. The minimum Gasteiger partial charge on any atom is -0.480 e. The van der Waals surface area contributed by atoms with E-state index in [4.69, 9.17) is 5.11 Å². The number of carboxylic acids is 1. The first-order chi connectivity index (χ1) is 9.58. The van der Waals surface area contributed by atoms with E-state index in [9.17, 15) is 14.0 Å². The van der Waals surface area contributed by atoms with Crippen LogP contribution in [0.2, 0.25) is 0 Å². The summed E-state index contributed by atoms with van der Waals surface area (Å²) in [6.45, 7) is 0.500. The van der Waals surface area contributed by atoms with Gasteiger partial charge in [0.25, 0.3) is 0 Å². The molecule has 0 aromatic heterocycles. The Hall–Kier alpha value is -2.17. The van der Waals surface area contributed by atoms with E-state index >= 15 is 0 Å². The maximum absolute atomic E-state index is 12.7. The molecule has 1 aliphatic rings. The summed E-state index contributed by atoms with van der Waals surface area (Å²) in [7, 11) is 0. The highest BCUT2D eigenvalue weighted by atomic mass is 19.1. The topological polar surface area (TPSA) is 57.6 Å². The van der Waals surface area contributed by atoms with Crippen molar-refractivity contribution in [3.05, 3.63) is 41.7 Å². The van der Waals surface area contributed by atoms with Gasteiger partial charge in [0.2, 0.25) is 5.91 Å². The molecule has 0 radical (unpaired) electrons. The summed E-state index contributed by atoms with van der Waals surface area (Å²) in [6, 6.07) is 5.24. The van der Waals surface area contributed by atoms with Crippen molar-refractivity contribution < 1.29 is 19.1 Å². The number of likely N-dealkylation sites (tertiary alicyclic amines) is 1. The number of benzene rings is 1. The standard InChI is InChI=1S/C15H16FNO3/c16-12-8-6-11(7-9-12)3-1-5-14(18)17-10-2-4-13(17)15(19)20/h1,3,6-9,13H,2,4-5,10H2,(H,19,20)/b3-1+. The van der Waals surface area contributed by atoms with Crippen LogP contribution in [-0.2, 0) is 9.59 Å². The molecule has 1 aromatic carbocycles. The van der Waals surface area contributed by atoms with Gasteiger partial charge in [0.15, 0.2) is 0 Å². The molecular formula is C15H16FNO3. The molecule has 0 bridgehead atoms. The van der Waals surface area contributed by atoms with Gasteiger partial charge in [-0.15, -0.1) is 0 Å². The third-order valence-corrected chi connectivity index (χ3v) is 3.33. The van der Waals surface area contributed by atoms with Crippen LogP contribution in [0.25, 0.3) is 6.08 Å². The Labute approximate surface area is 116 Å². The van der Waals surface area contributed by atoms with E-state index in [0.29, 0.717) is 13.0 Å². The summed E-state index contributed by atoms with van der Waals surface area (Å²) >= 11 is 0. The lowest BCUT2D eigenvalue weighted by molar-refractivity contribution is -0.147. The second-order valence-corrected chi connectivity index (χ2v) is 4.74. The fourth-order valence-electron chi connectivity index (χ4n) is 2.31. The smallest absolute Gasteiger partial charge is 0.326 e. The Balaban J connectivity index is 1.91. The molecule has 1 saturated heterocycles. The predicted molar refractivity (Wildman–Crippen MR) is 72.4 cm³/mol. The average molecular weight is 277 g/mol. The monoisotopic (exact) mass is 277 g/mol. The molecule has 4 nitrogen and oxygen atoms in total. The molecule has 0 spiro atoms. The van der Waals surface area contributed by atoms with Crippen LogP contribution in [-0.4, -0.2) is 34.5 Å². The van der Waals surface area contributed by atoms with E-state index in [1.165, 1.54) is 17.0 Å². The van der Waals surface area contributed by atoms with E-state index in [2.05, 4.69) is 0 Å².